The summed E-state index contributed by atoms with van der Waals surface area (Å²) in [5.41, 5.74) is 0. The van der Waals surface area contributed by atoms with Crippen molar-refractivity contribution in [3.63, 3.8) is 0 Å². The van der Waals surface area contributed by atoms with Crippen LogP contribution >= 0.6 is 11.3 Å². The van der Waals surface area contributed by atoms with Crippen LogP contribution in [0.5, 0.6) is 0 Å². The zero-order valence-corrected chi connectivity index (χ0v) is 14.6. The molecule has 1 saturated heterocycles. The third kappa shape index (κ3) is 4.75. The standard InChI is InChI=1S/C14H25N3O2S2/c1-4-16-7-9-17(10-8-16)14(13-6-5-11-20-13)12(2)15-21(3,18)19/h5-6,11-12,14-15H,4,7-10H2,1-3H3. The van der Waals surface area contributed by atoms with E-state index in [-0.39, 0.29) is 12.1 Å². The minimum absolute atomic E-state index is 0.110. The maximum Gasteiger partial charge on any atom is 0.209 e. The van der Waals surface area contributed by atoms with Crippen LogP contribution in [0.3, 0.4) is 0 Å². The Labute approximate surface area is 132 Å². The van der Waals surface area contributed by atoms with Crippen LogP contribution in [0.25, 0.3) is 0 Å². The average Bonchev–Trinajstić information content (AvgIpc) is 2.91. The van der Waals surface area contributed by atoms with Crippen LogP contribution in [0.15, 0.2) is 17.5 Å². The molecule has 2 unspecified atom stereocenters. The molecule has 120 valence electrons. The summed E-state index contributed by atoms with van der Waals surface area (Å²) in [6, 6.07) is 4.11. The van der Waals surface area contributed by atoms with E-state index in [1.807, 2.05) is 13.0 Å². The molecule has 0 radical (unpaired) electrons. The molecule has 0 aromatic carbocycles. The summed E-state index contributed by atoms with van der Waals surface area (Å²) >= 11 is 1.70. The molecular weight excluding hydrogens is 306 g/mol. The third-order valence-corrected chi connectivity index (χ3v) is 5.70. The zero-order chi connectivity index (χ0) is 15.5. The smallest absolute Gasteiger partial charge is 0.209 e. The van der Waals surface area contributed by atoms with Crippen molar-refractivity contribution in [1.82, 2.24) is 14.5 Å². The highest BCUT2D eigenvalue weighted by Gasteiger charge is 2.30. The second-order valence-corrected chi connectivity index (χ2v) is 8.37. The summed E-state index contributed by atoms with van der Waals surface area (Å²) in [5, 5.41) is 2.05. The van der Waals surface area contributed by atoms with Gasteiger partial charge in [-0.1, -0.05) is 13.0 Å². The SMILES string of the molecule is CCN1CCN(C(c2cccs2)C(C)NS(C)(=O)=O)CC1. The van der Waals surface area contributed by atoms with Gasteiger partial charge < -0.3 is 4.90 Å². The van der Waals surface area contributed by atoms with Crippen LogP contribution in [-0.4, -0.2) is 63.2 Å². The number of rotatable bonds is 6. The molecule has 0 amide bonds. The predicted octanol–water partition coefficient (Wildman–Crippen LogP) is 1.36. The first-order chi connectivity index (χ1) is 9.90. The Bertz CT molecular complexity index is 522. The van der Waals surface area contributed by atoms with Crippen LogP contribution in [0.2, 0.25) is 0 Å². The summed E-state index contributed by atoms with van der Waals surface area (Å²) in [4.78, 5) is 6.06. The maximum absolute atomic E-state index is 11.6. The van der Waals surface area contributed by atoms with Gasteiger partial charge in [0.05, 0.1) is 12.3 Å². The van der Waals surface area contributed by atoms with E-state index in [0.29, 0.717) is 0 Å². The molecule has 0 bridgehead atoms. The number of sulfonamides is 1. The van der Waals surface area contributed by atoms with Crippen molar-refractivity contribution in [2.45, 2.75) is 25.9 Å². The second-order valence-electron chi connectivity index (χ2n) is 5.61. The number of nitrogens with zero attached hydrogens (tertiary/aromatic N) is 2. The van der Waals surface area contributed by atoms with Gasteiger partial charge in [-0.2, -0.15) is 0 Å². The van der Waals surface area contributed by atoms with Crippen molar-refractivity contribution in [3.05, 3.63) is 22.4 Å². The number of nitrogens with one attached hydrogen (secondary N) is 1. The van der Waals surface area contributed by atoms with Gasteiger partial charge in [0.2, 0.25) is 10.0 Å². The molecule has 0 spiro atoms. The molecule has 2 rings (SSSR count). The lowest BCUT2D eigenvalue weighted by Gasteiger charge is -2.41. The lowest BCUT2D eigenvalue weighted by molar-refractivity contribution is 0.0888. The number of thiophene rings is 1. The fourth-order valence-corrected chi connectivity index (χ4v) is 4.73. The van der Waals surface area contributed by atoms with E-state index in [2.05, 4.69) is 32.9 Å². The molecule has 1 aromatic rings. The van der Waals surface area contributed by atoms with Gasteiger partial charge in [-0.3, -0.25) is 4.90 Å². The Morgan fingerprint density at radius 1 is 1.33 bits per heavy atom. The predicted molar refractivity (Wildman–Crippen MR) is 88.2 cm³/mol. The van der Waals surface area contributed by atoms with Crippen molar-refractivity contribution in [2.24, 2.45) is 0 Å². The minimum Gasteiger partial charge on any atom is -0.301 e. The van der Waals surface area contributed by atoms with Gasteiger partial charge in [0, 0.05) is 37.1 Å². The highest BCUT2D eigenvalue weighted by Crippen LogP contribution is 2.29. The van der Waals surface area contributed by atoms with E-state index in [1.54, 1.807) is 11.3 Å². The molecule has 1 aliphatic rings. The van der Waals surface area contributed by atoms with Gasteiger partial charge in [0.15, 0.2) is 0 Å². The van der Waals surface area contributed by atoms with Gasteiger partial charge >= 0.3 is 0 Å². The number of hydrogen-bond acceptors (Lipinski definition) is 5. The van der Waals surface area contributed by atoms with Crippen LogP contribution in [-0.2, 0) is 10.0 Å². The first kappa shape index (κ1) is 16.9. The molecule has 0 aliphatic carbocycles. The lowest BCUT2D eigenvalue weighted by Crippen LogP contribution is -2.52. The van der Waals surface area contributed by atoms with Crippen LogP contribution in [0, 0.1) is 0 Å². The van der Waals surface area contributed by atoms with E-state index in [0.717, 1.165) is 32.7 Å². The normalized spacial score (nSPS) is 21.3. The van der Waals surface area contributed by atoms with E-state index in [4.69, 9.17) is 0 Å². The quantitative estimate of drug-likeness (QED) is 0.855. The molecule has 21 heavy (non-hydrogen) atoms. The van der Waals surface area contributed by atoms with Crippen molar-refractivity contribution in [1.29, 1.82) is 0 Å². The summed E-state index contributed by atoms with van der Waals surface area (Å²) in [6.07, 6.45) is 1.23. The van der Waals surface area contributed by atoms with Crippen LogP contribution in [0.4, 0.5) is 0 Å². The molecular formula is C14H25N3O2S2. The molecule has 2 heterocycles. The third-order valence-electron chi connectivity index (χ3n) is 3.96. The molecule has 5 nitrogen and oxygen atoms in total. The molecule has 1 fully saturated rings. The van der Waals surface area contributed by atoms with Gasteiger partial charge in [-0.25, -0.2) is 13.1 Å². The number of hydrogen-bond donors (Lipinski definition) is 1. The Kier molecular flexibility index (Phi) is 5.79. The largest absolute Gasteiger partial charge is 0.301 e. The molecule has 2 atom stereocenters. The minimum atomic E-state index is -3.20. The molecule has 1 N–H and O–H groups in total. The monoisotopic (exact) mass is 331 g/mol. The van der Waals surface area contributed by atoms with E-state index < -0.39 is 10.0 Å². The van der Waals surface area contributed by atoms with E-state index >= 15 is 0 Å². The van der Waals surface area contributed by atoms with Gasteiger partial charge in [0.25, 0.3) is 0 Å². The average molecular weight is 332 g/mol. The summed E-state index contributed by atoms with van der Waals surface area (Å²) < 4.78 is 25.9. The van der Waals surface area contributed by atoms with Gasteiger partial charge in [-0.05, 0) is 24.9 Å². The first-order valence-electron chi connectivity index (χ1n) is 7.38. The molecule has 1 aliphatic heterocycles. The van der Waals surface area contributed by atoms with Crippen LogP contribution in [0.1, 0.15) is 24.8 Å². The van der Waals surface area contributed by atoms with Crippen molar-refractivity contribution in [3.8, 4) is 0 Å². The fraction of sp³-hybridized carbons (Fsp3) is 0.714. The van der Waals surface area contributed by atoms with Gasteiger partial charge in [0.1, 0.15) is 0 Å². The number of likely N-dealkylation sites (N-methyl/N-ethyl adjacent to an activating group) is 1. The Morgan fingerprint density at radius 3 is 2.48 bits per heavy atom. The van der Waals surface area contributed by atoms with Crippen molar-refractivity contribution >= 4 is 21.4 Å². The Balaban J connectivity index is 2.14. The van der Waals surface area contributed by atoms with Crippen molar-refractivity contribution < 1.29 is 8.42 Å². The highest BCUT2D eigenvalue weighted by atomic mass is 32.2. The summed E-state index contributed by atoms with van der Waals surface area (Å²) in [7, 11) is -3.20. The van der Waals surface area contributed by atoms with Crippen LogP contribution < -0.4 is 4.72 Å². The maximum atomic E-state index is 11.6. The lowest BCUT2D eigenvalue weighted by atomic mass is 10.1. The molecule has 0 saturated carbocycles. The molecule has 1 aromatic heterocycles. The summed E-state index contributed by atoms with van der Waals surface area (Å²) in [5.74, 6) is 0. The Morgan fingerprint density at radius 2 is 2.00 bits per heavy atom. The number of piperazine rings is 1. The molecule has 7 heteroatoms. The summed E-state index contributed by atoms with van der Waals surface area (Å²) in [6.45, 7) is 9.26. The van der Waals surface area contributed by atoms with Crippen molar-refractivity contribution in [2.75, 3.05) is 39.0 Å². The second kappa shape index (κ2) is 7.19. The van der Waals surface area contributed by atoms with E-state index in [9.17, 15) is 8.42 Å². The Hall–Kier alpha value is -0.470. The van der Waals surface area contributed by atoms with E-state index in [1.165, 1.54) is 11.1 Å². The topological polar surface area (TPSA) is 52.6 Å². The fourth-order valence-electron chi connectivity index (χ4n) is 2.96. The van der Waals surface area contributed by atoms with Gasteiger partial charge in [-0.15, -0.1) is 11.3 Å². The zero-order valence-electron chi connectivity index (χ0n) is 12.9. The first-order valence-corrected chi connectivity index (χ1v) is 10.1. The highest BCUT2D eigenvalue weighted by molar-refractivity contribution is 7.88.